The monoisotopic (exact) mass is 383 g/mol. The van der Waals surface area contributed by atoms with Crippen molar-refractivity contribution in [3.63, 3.8) is 0 Å². The molecule has 1 aromatic heterocycles. The number of carbonyl (C=O) groups is 2. The number of ketones is 1. The van der Waals surface area contributed by atoms with Crippen LogP contribution in [-0.4, -0.2) is 29.1 Å². The van der Waals surface area contributed by atoms with Crippen LogP contribution in [0, 0.1) is 28.6 Å². The highest BCUT2D eigenvalue weighted by atomic mass is 32.1. The average molecular weight is 383 g/mol. The number of hydrogen-bond acceptors (Lipinski definition) is 7. The molecule has 1 aromatic carbocycles. The number of rotatable bonds is 6. The van der Waals surface area contributed by atoms with E-state index in [-0.39, 0.29) is 17.5 Å². The van der Waals surface area contributed by atoms with E-state index in [2.05, 4.69) is 0 Å². The molecule has 3 atom stereocenters. The van der Waals surface area contributed by atoms with Crippen molar-refractivity contribution in [3.8, 4) is 6.07 Å². The number of fused-ring (bicyclic) bond motifs is 1. The topological polar surface area (TPSA) is 104 Å². The average Bonchev–Trinajstić information content (AvgIpc) is 3.10. The number of nitrogens with zero attached hydrogens (tertiary/aromatic N) is 2. The lowest BCUT2D eigenvalue weighted by Gasteiger charge is -2.28. The first-order valence-corrected chi connectivity index (χ1v) is 9.82. The normalized spacial score (nSPS) is 20.6. The number of para-hydroxylation sites is 1. The Kier molecular flexibility index (Phi) is 5.97. The van der Waals surface area contributed by atoms with Gasteiger partial charge in [0.15, 0.2) is 12.4 Å². The number of nitriles is 1. The van der Waals surface area contributed by atoms with Crippen molar-refractivity contribution in [2.45, 2.75) is 38.5 Å². The van der Waals surface area contributed by atoms with Crippen LogP contribution in [0.15, 0.2) is 24.3 Å². The van der Waals surface area contributed by atoms with Crippen LogP contribution in [0.5, 0.6) is 0 Å². The second kappa shape index (κ2) is 8.40. The predicted octanol–water partition coefficient (Wildman–Crippen LogP) is 3.86. The van der Waals surface area contributed by atoms with Gasteiger partial charge in [-0.2, -0.15) is 5.26 Å². The van der Waals surface area contributed by atoms with Gasteiger partial charge in [-0.25, -0.2) is 4.98 Å². The number of thiazole rings is 1. The van der Waals surface area contributed by atoms with Gasteiger partial charge in [-0.1, -0.05) is 25.0 Å². The number of Topliss-reactive ketones (excluding diaryl/α,β-unsaturated/α-hetero) is 1. The van der Waals surface area contributed by atoms with Crippen LogP contribution in [0.2, 0.25) is 0 Å². The summed E-state index contributed by atoms with van der Waals surface area (Å²) in [4.78, 5) is 29.4. The Labute approximate surface area is 161 Å². The van der Waals surface area contributed by atoms with E-state index in [0.717, 1.165) is 34.5 Å². The van der Waals surface area contributed by atoms with Gasteiger partial charge in [-0.3, -0.25) is 9.59 Å². The summed E-state index contributed by atoms with van der Waals surface area (Å²) < 4.78 is 6.34. The van der Waals surface area contributed by atoms with E-state index in [4.69, 9.17) is 20.4 Å². The smallest absolute Gasteiger partial charge is 0.310 e. The molecule has 0 spiro atoms. The Hall–Kier alpha value is -2.59. The van der Waals surface area contributed by atoms with E-state index in [9.17, 15) is 9.59 Å². The minimum Gasteiger partial charge on any atom is -0.457 e. The standard InChI is InChI=1S/C20H21N3O3S/c1-12(22)15(10-21)17(24)11-26-20(25)14-7-3-2-6-13(14)19-23-16-8-4-5-9-18(16)27-19/h4-5,8-9,13-15,22H,2-3,6-7,11H2,1H3/t13-,14-,15?/m1/s1. The molecule has 27 heavy (non-hydrogen) atoms. The van der Waals surface area contributed by atoms with Gasteiger partial charge in [-0.15, -0.1) is 11.3 Å². The molecule has 1 N–H and O–H groups in total. The minimum atomic E-state index is -1.15. The summed E-state index contributed by atoms with van der Waals surface area (Å²) in [5, 5.41) is 17.4. The molecule has 140 valence electrons. The quantitative estimate of drug-likeness (QED) is 0.602. The highest BCUT2D eigenvalue weighted by Crippen LogP contribution is 2.41. The van der Waals surface area contributed by atoms with Crippen LogP contribution in [0.4, 0.5) is 0 Å². The van der Waals surface area contributed by atoms with Gasteiger partial charge in [0.25, 0.3) is 0 Å². The van der Waals surface area contributed by atoms with E-state index in [1.165, 1.54) is 6.92 Å². The predicted molar refractivity (Wildman–Crippen MR) is 103 cm³/mol. The van der Waals surface area contributed by atoms with E-state index < -0.39 is 24.3 Å². The molecule has 3 rings (SSSR count). The Morgan fingerprint density at radius 1 is 1.37 bits per heavy atom. The number of carbonyl (C=O) groups excluding carboxylic acids is 2. The van der Waals surface area contributed by atoms with Crippen LogP contribution in [0.25, 0.3) is 10.2 Å². The molecule has 6 nitrogen and oxygen atoms in total. The first-order valence-electron chi connectivity index (χ1n) is 9.00. The maximum Gasteiger partial charge on any atom is 0.310 e. The third kappa shape index (κ3) is 4.22. The SMILES string of the molecule is CC(=N)C(C#N)C(=O)COC(=O)[C@@H]1CCCC[C@H]1c1nc2ccccc2s1. The number of esters is 1. The summed E-state index contributed by atoms with van der Waals surface area (Å²) in [6.45, 7) is 0.939. The molecule has 0 radical (unpaired) electrons. The van der Waals surface area contributed by atoms with Gasteiger partial charge in [0.05, 0.1) is 27.2 Å². The lowest BCUT2D eigenvalue weighted by Crippen LogP contribution is -2.31. The Balaban J connectivity index is 1.71. The second-order valence-corrected chi connectivity index (χ2v) is 7.90. The van der Waals surface area contributed by atoms with E-state index in [0.29, 0.717) is 6.42 Å². The molecule has 0 bridgehead atoms. The molecule has 1 saturated carbocycles. The third-order valence-electron chi connectivity index (χ3n) is 4.94. The van der Waals surface area contributed by atoms with Crippen LogP contribution >= 0.6 is 11.3 Å². The fourth-order valence-corrected chi connectivity index (χ4v) is 4.67. The summed E-state index contributed by atoms with van der Waals surface area (Å²) >= 11 is 1.60. The largest absolute Gasteiger partial charge is 0.457 e. The number of benzene rings is 1. The zero-order chi connectivity index (χ0) is 19.4. The zero-order valence-electron chi connectivity index (χ0n) is 15.1. The molecule has 1 fully saturated rings. The number of aromatic nitrogens is 1. The zero-order valence-corrected chi connectivity index (χ0v) is 15.9. The molecule has 7 heteroatoms. The Bertz CT molecular complexity index is 882. The van der Waals surface area contributed by atoms with Gasteiger partial charge >= 0.3 is 5.97 Å². The van der Waals surface area contributed by atoms with Crippen molar-refractivity contribution in [2.75, 3.05) is 6.61 Å². The molecule has 2 aromatic rings. The van der Waals surface area contributed by atoms with Crippen molar-refractivity contribution in [1.82, 2.24) is 4.98 Å². The molecule has 1 aliphatic rings. The van der Waals surface area contributed by atoms with Gasteiger partial charge in [0.1, 0.15) is 5.92 Å². The molecule has 1 unspecified atom stereocenters. The van der Waals surface area contributed by atoms with Crippen LogP contribution in [0.3, 0.4) is 0 Å². The maximum absolute atomic E-state index is 12.6. The van der Waals surface area contributed by atoms with E-state index in [1.807, 2.05) is 24.3 Å². The second-order valence-electron chi connectivity index (χ2n) is 6.84. The summed E-state index contributed by atoms with van der Waals surface area (Å²) in [5.41, 5.74) is 0.896. The highest BCUT2D eigenvalue weighted by molar-refractivity contribution is 7.18. The van der Waals surface area contributed by atoms with Gasteiger partial charge in [0.2, 0.25) is 0 Å². The van der Waals surface area contributed by atoms with Gasteiger partial charge in [-0.05, 0) is 31.9 Å². The van der Waals surface area contributed by atoms with Crippen LogP contribution in [0.1, 0.15) is 43.5 Å². The van der Waals surface area contributed by atoms with Crippen molar-refractivity contribution in [3.05, 3.63) is 29.3 Å². The van der Waals surface area contributed by atoms with E-state index >= 15 is 0 Å². The summed E-state index contributed by atoms with van der Waals surface area (Å²) in [6, 6.07) is 9.68. The summed E-state index contributed by atoms with van der Waals surface area (Å²) in [5.74, 6) is -2.44. The van der Waals surface area contributed by atoms with Crippen LogP contribution < -0.4 is 0 Å². The molecule has 1 heterocycles. The molecule has 0 saturated heterocycles. The first kappa shape index (κ1) is 19.2. The molecule has 1 aliphatic carbocycles. The third-order valence-corrected chi connectivity index (χ3v) is 6.11. The number of nitrogens with one attached hydrogen (secondary N) is 1. The van der Waals surface area contributed by atoms with Gasteiger partial charge in [0, 0.05) is 11.6 Å². The van der Waals surface area contributed by atoms with E-state index in [1.54, 1.807) is 17.4 Å². The van der Waals surface area contributed by atoms with Gasteiger partial charge < -0.3 is 10.1 Å². The fraction of sp³-hybridized carbons (Fsp3) is 0.450. The number of ether oxygens (including phenoxy) is 1. The van der Waals surface area contributed by atoms with Crippen LogP contribution in [-0.2, 0) is 14.3 Å². The molecule has 0 aliphatic heterocycles. The maximum atomic E-state index is 12.6. The van der Waals surface area contributed by atoms with Crippen molar-refractivity contribution in [2.24, 2.45) is 11.8 Å². The lowest BCUT2D eigenvalue weighted by atomic mass is 9.79. The Morgan fingerprint density at radius 3 is 2.81 bits per heavy atom. The fourth-order valence-electron chi connectivity index (χ4n) is 3.50. The first-order chi connectivity index (χ1) is 13.0. The number of hydrogen-bond donors (Lipinski definition) is 1. The highest BCUT2D eigenvalue weighted by Gasteiger charge is 2.35. The van der Waals surface area contributed by atoms with Crippen molar-refractivity contribution >= 4 is 39.0 Å². The molecular formula is C20H21N3O3S. The molecular weight excluding hydrogens is 362 g/mol. The Morgan fingerprint density at radius 2 is 2.11 bits per heavy atom. The summed E-state index contributed by atoms with van der Waals surface area (Å²) in [7, 11) is 0. The molecule has 0 amide bonds. The van der Waals surface area contributed by atoms with Crippen molar-refractivity contribution in [1.29, 1.82) is 10.7 Å². The minimum absolute atomic E-state index is 0.00464. The van der Waals surface area contributed by atoms with Crippen molar-refractivity contribution < 1.29 is 14.3 Å². The summed E-state index contributed by atoms with van der Waals surface area (Å²) in [6.07, 6.45) is 3.55. The lowest BCUT2D eigenvalue weighted by molar-refractivity contribution is -0.154.